The van der Waals surface area contributed by atoms with Gasteiger partial charge in [-0.15, -0.1) is 0 Å². The number of nitrogens with zero attached hydrogens (tertiary/aromatic N) is 1. The Balaban J connectivity index is 1.76. The van der Waals surface area contributed by atoms with E-state index in [1.165, 1.54) is 0 Å². The molecule has 2 aromatic carbocycles. The Morgan fingerprint density at radius 2 is 1.68 bits per heavy atom. The van der Waals surface area contributed by atoms with Crippen LogP contribution in [0.15, 0.2) is 54.6 Å². The summed E-state index contributed by atoms with van der Waals surface area (Å²) in [5.41, 5.74) is 1.85. The fourth-order valence-electron chi connectivity index (χ4n) is 2.25. The Bertz CT molecular complexity index is 786. The van der Waals surface area contributed by atoms with E-state index in [2.05, 4.69) is 11.1 Å². The highest BCUT2D eigenvalue weighted by atomic mass is 16.5. The average molecular weight is 295 g/mol. The van der Waals surface area contributed by atoms with Crippen molar-refractivity contribution >= 4 is 10.9 Å². The zero-order valence-corrected chi connectivity index (χ0v) is 12.6. The van der Waals surface area contributed by atoms with E-state index in [-0.39, 0.29) is 0 Å². The van der Waals surface area contributed by atoms with E-state index in [9.17, 15) is 0 Å². The van der Waals surface area contributed by atoms with E-state index in [0.717, 1.165) is 16.6 Å². The SMILES string of the molecule is COc1ccc(OCc2ccc3ccccc3n2)cc1OC. The molecule has 0 atom stereocenters. The molecule has 0 amide bonds. The van der Waals surface area contributed by atoms with Gasteiger partial charge in [0.25, 0.3) is 0 Å². The van der Waals surface area contributed by atoms with Crippen LogP contribution in [-0.2, 0) is 6.61 Å². The lowest BCUT2D eigenvalue weighted by atomic mass is 10.2. The van der Waals surface area contributed by atoms with Crippen LogP contribution in [-0.4, -0.2) is 19.2 Å². The molecule has 0 bridgehead atoms. The molecule has 0 fully saturated rings. The van der Waals surface area contributed by atoms with Gasteiger partial charge in [0.05, 0.1) is 25.4 Å². The molecule has 0 aliphatic heterocycles. The number of pyridine rings is 1. The third-order valence-corrected chi connectivity index (χ3v) is 3.40. The summed E-state index contributed by atoms with van der Waals surface area (Å²) < 4.78 is 16.3. The zero-order valence-electron chi connectivity index (χ0n) is 12.6. The van der Waals surface area contributed by atoms with Crippen molar-refractivity contribution in [1.82, 2.24) is 4.98 Å². The van der Waals surface area contributed by atoms with Crippen molar-refractivity contribution < 1.29 is 14.2 Å². The topological polar surface area (TPSA) is 40.6 Å². The van der Waals surface area contributed by atoms with Crippen LogP contribution in [0.3, 0.4) is 0 Å². The molecule has 112 valence electrons. The first-order chi connectivity index (χ1) is 10.8. The van der Waals surface area contributed by atoms with Crippen LogP contribution in [0.25, 0.3) is 10.9 Å². The molecule has 0 saturated carbocycles. The van der Waals surface area contributed by atoms with E-state index in [1.807, 2.05) is 42.5 Å². The minimum Gasteiger partial charge on any atom is -0.493 e. The van der Waals surface area contributed by atoms with Gasteiger partial charge in [-0.3, -0.25) is 0 Å². The molecule has 0 spiro atoms. The largest absolute Gasteiger partial charge is 0.493 e. The maximum absolute atomic E-state index is 5.78. The molecule has 4 nitrogen and oxygen atoms in total. The molecule has 0 N–H and O–H groups in total. The number of rotatable bonds is 5. The third kappa shape index (κ3) is 2.96. The highest BCUT2D eigenvalue weighted by Gasteiger charge is 2.06. The van der Waals surface area contributed by atoms with Crippen LogP contribution in [0.4, 0.5) is 0 Å². The van der Waals surface area contributed by atoms with Crippen molar-refractivity contribution in [2.45, 2.75) is 6.61 Å². The van der Waals surface area contributed by atoms with Gasteiger partial charge in [0.1, 0.15) is 12.4 Å². The van der Waals surface area contributed by atoms with E-state index in [0.29, 0.717) is 23.9 Å². The minimum absolute atomic E-state index is 0.403. The normalized spacial score (nSPS) is 10.5. The van der Waals surface area contributed by atoms with Crippen molar-refractivity contribution in [2.24, 2.45) is 0 Å². The predicted molar refractivity (Wildman–Crippen MR) is 85.6 cm³/mol. The van der Waals surface area contributed by atoms with E-state index >= 15 is 0 Å². The summed E-state index contributed by atoms with van der Waals surface area (Å²) in [5, 5.41) is 1.12. The van der Waals surface area contributed by atoms with E-state index in [1.54, 1.807) is 20.3 Å². The summed E-state index contributed by atoms with van der Waals surface area (Å²) in [5.74, 6) is 2.04. The maximum atomic E-state index is 5.78. The number of hydrogen-bond donors (Lipinski definition) is 0. The van der Waals surface area contributed by atoms with Gasteiger partial charge in [0.15, 0.2) is 11.5 Å². The second kappa shape index (κ2) is 6.35. The van der Waals surface area contributed by atoms with E-state index in [4.69, 9.17) is 14.2 Å². The second-order valence-corrected chi connectivity index (χ2v) is 4.80. The first kappa shape index (κ1) is 14.2. The molecule has 1 aromatic heterocycles. The maximum Gasteiger partial charge on any atom is 0.164 e. The van der Waals surface area contributed by atoms with Crippen molar-refractivity contribution in [3.63, 3.8) is 0 Å². The first-order valence-electron chi connectivity index (χ1n) is 6.99. The molecule has 4 heteroatoms. The minimum atomic E-state index is 0.403. The number of hydrogen-bond acceptors (Lipinski definition) is 4. The number of methoxy groups -OCH3 is 2. The molecule has 0 saturated heterocycles. The van der Waals surface area contributed by atoms with E-state index < -0.39 is 0 Å². The van der Waals surface area contributed by atoms with Crippen LogP contribution < -0.4 is 14.2 Å². The molecule has 0 aliphatic rings. The van der Waals surface area contributed by atoms with Crippen LogP contribution in [0.1, 0.15) is 5.69 Å². The number of fused-ring (bicyclic) bond motifs is 1. The third-order valence-electron chi connectivity index (χ3n) is 3.40. The highest BCUT2D eigenvalue weighted by molar-refractivity contribution is 5.78. The number of benzene rings is 2. The summed E-state index contributed by atoms with van der Waals surface area (Å²) >= 11 is 0. The Labute approximate surface area is 129 Å². The van der Waals surface area contributed by atoms with Crippen molar-refractivity contribution in [2.75, 3.05) is 14.2 Å². The molecule has 22 heavy (non-hydrogen) atoms. The van der Waals surface area contributed by atoms with Gasteiger partial charge in [-0.05, 0) is 24.3 Å². The van der Waals surface area contributed by atoms with Gasteiger partial charge in [0, 0.05) is 11.5 Å². The second-order valence-electron chi connectivity index (χ2n) is 4.80. The number of aromatic nitrogens is 1. The fraction of sp³-hybridized carbons (Fsp3) is 0.167. The molecule has 3 aromatic rings. The molecular formula is C18H17NO3. The highest BCUT2D eigenvalue weighted by Crippen LogP contribution is 2.31. The van der Waals surface area contributed by atoms with Crippen LogP contribution in [0.5, 0.6) is 17.2 Å². The number of para-hydroxylation sites is 1. The average Bonchev–Trinajstić information content (AvgIpc) is 2.59. The predicted octanol–water partition coefficient (Wildman–Crippen LogP) is 3.83. The Morgan fingerprint density at radius 1 is 0.864 bits per heavy atom. The summed E-state index contributed by atoms with van der Waals surface area (Å²) in [6, 6.07) is 17.5. The van der Waals surface area contributed by atoms with Crippen molar-refractivity contribution in [3.8, 4) is 17.2 Å². The lowest BCUT2D eigenvalue weighted by Gasteiger charge is -2.11. The van der Waals surface area contributed by atoms with Crippen LogP contribution in [0.2, 0.25) is 0 Å². The molecule has 3 rings (SSSR count). The smallest absolute Gasteiger partial charge is 0.164 e. The monoisotopic (exact) mass is 295 g/mol. The van der Waals surface area contributed by atoms with Gasteiger partial charge < -0.3 is 14.2 Å². The molecule has 1 heterocycles. The Hall–Kier alpha value is -2.75. The summed E-state index contributed by atoms with van der Waals surface area (Å²) in [6.07, 6.45) is 0. The summed E-state index contributed by atoms with van der Waals surface area (Å²) in [6.45, 7) is 0.403. The zero-order chi connectivity index (χ0) is 15.4. The van der Waals surface area contributed by atoms with Gasteiger partial charge >= 0.3 is 0 Å². The Morgan fingerprint density at radius 3 is 2.50 bits per heavy atom. The lowest BCUT2D eigenvalue weighted by Crippen LogP contribution is -1.99. The van der Waals surface area contributed by atoms with Crippen LogP contribution in [0, 0.1) is 0 Å². The molecule has 0 aliphatic carbocycles. The van der Waals surface area contributed by atoms with Gasteiger partial charge in [-0.25, -0.2) is 4.98 Å². The lowest BCUT2D eigenvalue weighted by molar-refractivity contribution is 0.296. The van der Waals surface area contributed by atoms with Gasteiger partial charge in [0.2, 0.25) is 0 Å². The standard InChI is InChI=1S/C18H17NO3/c1-20-17-10-9-15(11-18(17)21-2)22-12-14-8-7-13-5-3-4-6-16(13)19-14/h3-11H,12H2,1-2H3. The fourth-order valence-corrected chi connectivity index (χ4v) is 2.25. The van der Waals surface area contributed by atoms with Gasteiger partial charge in [-0.1, -0.05) is 24.3 Å². The molecular weight excluding hydrogens is 278 g/mol. The quantitative estimate of drug-likeness (QED) is 0.717. The van der Waals surface area contributed by atoms with Crippen molar-refractivity contribution in [1.29, 1.82) is 0 Å². The molecule has 0 radical (unpaired) electrons. The number of ether oxygens (including phenoxy) is 3. The Kier molecular flexibility index (Phi) is 4.10. The van der Waals surface area contributed by atoms with Crippen LogP contribution >= 0.6 is 0 Å². The van der Waals surface area contributed by atoms with Gasteiger partial charge in [-0.2, -0.15) is 0 Å². The first-order valence-corrected chi connectivity index (χ1v) is 6.99. The molecule has 0 unspecified atom stereocenters. The summed E-state index contributed by atoms with van der Waals surface area (Å²) in [7, 11) is 3.21. The van der Waals surface area contributed by atoms with Crippen molar-refractivity contribution in [3.05, 3.63) is 60.3 Å². The summed E-state index contributed by atoms with van der Waals surface area (Å²) in [4.78, 5) is 4.59.